The maximum absolute atomic E-state index is 5.84. The van der Waals surface area contributed by atoms with E-state index in [0.717, 1.165) is 5.75 Å². The lowest BCUT2D eigenvalue weighted by molar-refractivity contribution is 0.817. The highest BCUT2D eigenvalue weighted by atomic mass is 32.2. The molecule has 102 valence electrons. The molecule has 1 aromatic carbocycles. The van der Waals surface area contributed by atoms with E-state index in [1.165, 1.54) is 21.2 Å². The second kappa shape index (κ2) is 6.55. The van der Waals surface area contributed by atoms with E-state index in [0.29, 0.717) is 5.92 Å². The molecule has 0 aliphatic carbocycles. The van der Waals surface area contributed by atoms with Crippen molar-refractivity contribution in [1.29, 1.82) is 0 Å². The smallest absolute Gasteiger partial charge is 0.0954 e. The maximum Gasteiger partial charge on any atom is 0.0954 e. The van der Waals surface area contributed by atoms with Gasteiger partial charge in [0.25, 0.3) is 0 Å². The second-order valence-corrected chi connectivity index (χ2v) is 6.92. The lowest BCUT2D eigenvalue weighted by Crippen LogP contribution is -2.04. The molecule has 0 amide bonds. The van der Waals surface area contributed by atoms with Crippen LogP contribution in [0.4, 0.5) is 0 Å². The number of rotatable bonds is 5. The van der Waals surface area contributed by atoms with Gasteiger partial charge in [-0.3, -0.25) is 0 Å². The Labute approximate surface area is 123 Å². The predicted octanol–water partition coefficient (Wildman–Crippen LogP) is 4.58. The second-order valence-electron chi connectivity index (χ2n) is 4.98. The third kappa shape index (κ3) is 4.06. The fraction of sp³-hybridized carbons (Fsp3) is 0.400. The molecule has 19 heavy (non-hydrogen) atoms. The zero-order valence-electron chi connectivity index (χ0n) is 11.6. The normalized spacial score (nSPS) is 12.9. The molecule has 1 aromatic heterocycles. The molecule has 0 fully saturated rings. The van der Waals surface area contributed by atoms with Gasteiger partial charge in [-0.15, -0.1) is 23.1 Å². The predicted molar refractivity (Wildman–Crippen MR) is 84.8 cm³/mol. The number of nitrogens with two attached hydrogens (primary N) is 1. The summed E-state index contributed by atoms with van der Waals surface area (Å²) in [4.78, 5) is 5.92. The molecule has 2 N–H and O–H groups in total. The summed E-state index contributed by atoms with van der Waals surface area (Å²) in [5.74, 6) is 1.45. The quantitative estimate of drug-likeness (QED) is 0.820. The van der Waals surface area contributed by atoms with Gasteiger partial charge in [0.1, 0.15) is 0 Å². The molecule has 4 heteroatoms. The lowest BCUT2D eigenvalue weighted by atomic mass is 10.1. The zero-order chi connectivity index (χ0) is 13.8. The number of hydrogen-bond donors (Lipinski definition) is 1. The van der Waals surface area contributed by atoms with Gasteiger partial charge in [0.2, 0.25) is 0 Å². The van der Waals surface area contributed by atoms with E-state index < -0.39 is 0 Å². The summed E-state index contributed by atoms with van der Waals surface area (Å²) in [6, 6.07) is 8.59. The molecule has 0 radical (unpaired) electrons. The van der Waals surface area contributed by atoms with E-state index in [2.05, 4.69) is 48.5 Å². The van der Waals surface area contributed by atoms with Crippen molar-refractivity contribution in [3.8, 4) is 0 Å². The molecule has 1 heterocycles. The summed E-state index contributed by atoms with van der Waals surface area (Å²) >= 11 is 3.58. The molecule has 0 aliphatic rings. The summed E-state index contributed by atoms with van der Waals surface area (Å²) < 4.78 is 0. The summed E-state index contributed by atoms with van der Waals surface area (Å²) in [5.41, 5.74) is 8.20. The third-order valence-electron chi connectivity index (χ3n) is 2.86. The van der Waals surface area contributed by atoms with Crippen LogP contribution >= 0.6 is 23.1 Å². The molecule has 0 saturated carbocycles. The Morgan fingerprint density at radius 2 is 1.89 bits per heavy atom. The number of nitrogens with zero attached hydrogens (tertiary/aromatic N) is 1. The van der Waals surface area contributed by atoms with Gasteiger partial charge >= 0.3 is 0 Å². The van der Waals surface area contributed by atoms with Crippen LogP contribution in [0.5, 0.6) is 0 Å². The van der Waals surface area contributed by atoms with Crippen LogP contribution in [0.25, 0.3) is 0 Å². The van der Waals surface area contributed by atoms with Crippen LogP contribution in [0.3, 0.4) is 0 Å². The van der Waals surface area contributed by atoms with Crippen LogP contribution in [-0.4, -0.2) is 4.98 Å². The van der Waals surface area contributed by atoms with E-state index in [1.54, 1.807) is 11.3 Å². The van der Waals surface area contributed by atoms with Crippen LogP contribution in [0.1, 0.15) is 49.0 Å². The van der Waals surface area contributed by atoms with Crippen molar-refractivity contribution in [2.24, 2.45) is 5.73 Å². The van der Waals surface area contributed by atoms with Crippen LogP contribution in [-0.2, 0) is 5.75 Å². The molecule has 0 bridgehead atoms. The van der Waals surface area contributed by atoms with Crippen molar-refractivity contribution in [3.05, 3.63) is 45.9 Å². The molecular formula is C15H20N2S2. The SMILES string of the molecule is CC(C)c1nc(CSc2ccc(C(C)N)cc2)cs1. The first-order valence-corrected chi connectivity index (χ1v) is 8.35. The van der Waals surface area contributed by atoms with Gasteiger partial charge in [0.15, 0.2) is 0 Å². The van der Waals surface area contributed by atoms with E-state index in [-0.39, 0.29) is 6.04 Å². The minimum absolute atomic E-state index is 0.103. The van der Waals surface area contributed by atoms with Gasteiger partial charge < -0.3 is 5.73 Å². The third-order valence-corrected chi connectivity index (χ3v) is 5.10. The Hall–Kier alpha value is -0.840. The van der Waals surface area contributed by atoms with Crippen molar-refractivity contribution in [3.63, 3.8) is 0 Å². The molecule has 1 atom stereocenters. The highest BCUT2D eigenvalue weighted by Crippen LogP contribution is 2.26. The topological polar surface area (TPSA) is 38.9 Å². The minimum atomic E-state index is 0.103. The summed E-state index contributed by atoms with van der Waals surface area (Å²) in [6.07, 6.45) is 0. The van der Waals surface area contributed by atoms with Crippen molar-refractivity contribution in [1.82, 2.24) is 4.98 Å². The lowest BCUT2D eigenvalue weighted by Gasteiger charge is -2.06. The summed E-state index contributed by atoms with van der Waals surface area (Å²) in [7, 11) is 0. The largest absolute Gasteiger partial charge is 0.324 e. The van der Waals surface area contributed by atoms with Crippen molar-refractivity contribution < 1.29 is 0 Å². The van der Waals surface area contributed by atoms with Crippen LogP contribution in [0, 0.1) is 0 Å². The summed E-state index contributed by atoms with van der Waals surface area (Å²) in [5, 5.41) is 3.39. The standard InChI is InChI=1S/C15H20N2S2/c1-10(2)15-17-13(9-19-15)8-18-14-6-4-12(5-7-14)11(3)16/h4-7,9-11H,8,16H2,1-3H3. The number of thioether (sulfide) groups is 1. The highest BCUT2D eigenvalue weighted by molar-refractivity contribution is 7.98. The average Bonchev–Trinajstić information content (AvgIpc) is 2.86. The van der Waals surface area contributed by atoms with E-state index in [9.17, 15) is 0 Å². The molecular weight excluding hydrogens is 272 g/mol. The molecule has 0 saturated heterocycles. The van der Waals surface area contributed by atoms with Crippen molar-refractivity contribution in [2.75, 3.05) is 0 Å². The van der Waals surface area contributed by atoms with Gasteiger partial charge in [-0.1, -0.05) is 26.0 Å². The number of hydrogen-bond acceptors (Lipinski definition) is 4. The molecule has 1 unspecified atom stereocenters. The Bertz CT molecular complexity index is 515. The fourth-order valence-electron chi connectivity index (χ4n) is 1.68. The van der Waals surface area contributed by atoms with Crippen LogP contribution in [0.15, 0.2) is 34.5 Å². The Morgan fingerprint density at radius 3 is 2.42 bits per heavy atom. The van der Waals surface area contributed by atoms with Crippen molar-refractivity contribution in [2.45, 2.75) is 43.4 Å². The highest BCUT2D eigenvalue weighted by Gasteiger charge is 2.06. The van der Waals surface area contributed by atoms with Gasteiger partial charge in [-0.05, 0) is 24.6 Å². The number of thiazole rings is 1. The first-order chi connectivity index (χ1) is 9.06. The fourth-order valence-corrected chi connectivity index (χ4v) is 3.41. The van der Waals surface area contributed by atoms with Gasteiger partial charge in [0, 0.05) is 28.0 Å². The first-order valence-electron chi connectivity index (χ1n) is 6.49. The Balaban J connectivity index is 1.94. The number of aromatic nitrogens is 1. The van der Waals surface area contributed by atoms with Crippen LogP contribution < -0.4 is 5.73 Å². The molecule has 0 spiro atoms. The Kier molecular flexibility index (Phi) is 5.02. The molecule has 2 aromatic rings. The first kappa shape index (κ1) is 14.6. The maximum atomic E-state index is 5.84. The summed E-state index contributed by atoms with van der Waals surface area (Å²) in [6.45, 7) is 6.37. The van der Waals surface area contributed by atoms with Gasteiger partial charge in [-0.2, -0.15) is 0 Å². The van der Waals surface area contributed by atoms with E-state index in [4.69, 9.17) is 5.73 Å². The minimum Gasteiger partial charge on any atom is -0.324 e. The van der Waals surface area contributed by atoms with Gasteiger partial charge in [-0.25, -0.2) is 4.98 Å². The van der Waals surface area contributed by atoms with Crippen LogP contribution in [0.2, 0.25) is 0 Å². The molecule has 2 rings (SSSR count). The van der Waals surface area contributed by atoms with Crippen molar-refractivity contribution >= 4 is 23.1 Å². The molecule has 2 nitrogen and oxygen atoms in total. The molecule has 0 aliphatic heterocycles. The van der Waals surface area contributed by atoms with Gasteiger partial charge in [0.05, 0.1) is 10.7 Å². The number of benzene rings is 1. The Morgan fingerprint density at radius 1 is 1.21 bits per heavy atom. The van der Waals surface area contributed by atoms with E-state index in [1.807, 2.05) is 18.7 Å². The van der Waals surface area contributed by atoms with E-state index >= 15 is 0 Å². The monoisotopic (exact) mass is 292 g/mol. The average molecular weight is 292 g/mol. The zero-order valence-corrected chi connectivity index (χ0v) is 13.2.